The molecule has 1 atom stereocenters. The van der Waals surface area contributed by atoms with Crippen molar-refractivity contribution in [2.24, 2.45) is 0 Å². The number of anilines is 2. The molecule has 3 aromatic rings. The number of hydrogen-bond donors (Lipinski definition) is 0. The SMILES string of the molecule is C[C@H]1Cc2ccccc2N1C(=O)c1ccc(N(Cc2ccccc2Cl)S(C)(=O)=O)cc1. The zero-order valence-corrected chi connectivity index (χ0v) is 18.9. The van der Waals surface area contributed by atoms with E-state index < -0.39 is 10.0 Å². The highest BCUT2D eigenvalue weighted by atomic mass is 35.5. The van der Waals surface area contributed by atoms with E-state index in [1.165, 1.54) is 4.31 Å². The predicted octanol–water partition coefficient (Wildman–Crippen LogP) is 4.90. The number of halogens is 1. The van der Waals surface area contributed by atoms with Gasteiger partial charge in [-0.2, -0.15) is 0 Å². The summed E-state index contributed by atoms with van der Waals surface area (Å²) >= 11 is 6.23. The molecule has 0 unspecified atom stereocenters. The van der Waals surface area contributed by atoms with Crippen LogP contribution in [0.5, 0.6) is 0 Å². The normalized spacial score (nSPS) is 15.6. The Hall–Kier alpha value is -2.83. The maximum atomic E-state index is 13.2. The summed E-state index contributed by atoms with van der Waals surface area (Å²) in [5.74, 6) is -0.0963. The molecule has 0 radical (unpaired) electrons. The molecule has 5 nitrogen and oxygen atoms in total. The molecule has 0 saturated heterocycles. The smallest absolute Gasteiger partial charge is 0.258 e. The third-order valence-electron chi connectivity index (χ3n) is 5.50. The average molecular weight is 455 g/mol. The van der Waals surface area contributed by atoms with E-state index >= 15 is 0 Å². The van der Waals surface area contributed by atoms with E-state index in [4.69, 9.17) is 11.6 Å². The second kappa shape index (κ2) is 8.36. The van der Waals surface area contributed by atoms with Crippen LogP contribution in [0.25, 0.3) is 0 Å². The Kier molecular flexibility index (Phi) is 5.77. The minimum absolute atomic E-state index is 0.0670. The van der Waals surface area contributed by atoms with Crippen molar-refractivity contribution in [3.63, 3.8) is 0 Å². The van der Waals surface area contributed by atoms with Gasteiger partial charge in [-0.3, -0.25) is 9.10 Å². The molecule has 3 aromatic carbocycles. The zero-order valence-electron chi connectivity index (χ0n) is 17.3. The second-order valence-electron chi connectivity index (χ2n) is 7.76. The molecule has 0 fully saturated rings. The summed E-state index contributed by atoms with van der Waals surface area (Å²) in [5, 5.41) is 0.504. The lowest BCUT2D eigenvalue weighted by atomic mass is 10.1. The summed E-state index contributed by atoms with van der Waals surface area (Å²) in [6.45, 7) is 2.14. The van der Waals surface area contributed by atoms with Crippen molar-refractivity contribution >= 4 is 38.9 Å². The molecule has 160 valence electrons. The summed E-state index contributed by atoms with van der Waals surface area (Å²) in [5.41, 5.74) is 3.79. The third-order valence-corrected chi connectivity index (χ3v) is 7.01. The molecule has 1 aliphatic heterocycles. The van der Waals surface area contributed by atoms with Crippen molar-refractivity contribution in [3.05, 3.63) is 94.5 Å². The number of hydrogen-bond acceptors (Lipinski definition) is 3. The molecule has 0 saturated carbocycles. The monoisotopic (exact) mass is 454 g/mol. The Balaban J connectivity index is 1.62. The number of fused-ring (bicyclic) bond motifs is 1. The van der Waals surface area contributed by atoms with Crippen LogP contribution in [0.4, 0.5) is 11.4 Å². The largest absolute Gasteiger partial charge is 0.305 e. The van der Waals surface area contributed by atoms with E-state index in [9.17, 15) is 13.2 Å². The maximum absolute atomic E-state index is 13.2. The fourth-order valence-electron chi connectivity index (χ4n) is 3.97. The Morgan fingerprint density at radius 1 is 1.03 bits per heavy atom. The van der Waals surface area contributed by atoms with Crippen molar-refractivity contribution in [2.75, 3.05) is 15.5 Å². The van der Waals surface area contributed by atoms with Gasteiger partial charge in [-0.25, -0.2) is 8.42 Å². The van der Waals surface area contributed by atoms with Crippen LogP contribution in [-0.2, 0) is 23.0 Å². The van der Waals surface area contributed by atoms with Gasteiger partial charge in [0.1, 0.15) is 0 Å². The molecule has 31 heavy (non-hydrogen) atoms. The van der Waals surface area contributed by atoms with Crippen LogP contribution in [0.2, 0.25) is 5.02 Å². The number of sulfonamides is 1. The molecule has 0 N–H and O–H groups in total. The minimum atomic E-state index is -3.55. The molecular formula is C24H23ClN2O3S. The van der Waals surface area contributed by atoms with Crippen LogP contribution in [0.3, 0.4) is 0 Å². The van der Waals surface area contributed by atoms with Gasteiger partial charge in [-0.15, -0.1) is 0 Å². The molecular weight excluding hydrogens is 432 g/mol. The van der Waals surface area contributed by atoms with Gasteiger partial charge in [-0.1, -0.05) is 48.0 Å². The first-order valence-electron chi connectivity index (χ1n) is 9.98. The molecule has 0 spiro atoms. The quantitative estimate of drug-likeness (QED) is 0.551. The third kappa shape index (κ3) is 4.31. The Morgan fingerprint density at radius 3 is 2.35 bits per heavy atom. The van der Waals surface area contributed by atoms with Crippen LogP contribution < -0.4 is 9.21 Å². The number of carbonyl (C=O) groups is 1. The van der Waals surface area contributed by atoms with Crippen LogP contribution >= 0.6 is 11.6 Å². The summed E-state index contributed by atoms with van der Waals surface area (Å²) in [4.78, 5) is 15.0. The topological polar surface area (TPSA) is 57.7 Å². The lowest BCUT2D eigenvalue weighted by Crippen LogP contribution is -2.35. The Morgan fingerprint density at radius 2 is 1.68 bits per heavy atom. The van der Waals surface area contributed by atoms with Crippen LogP contribution in [0.1, 0.15) is 28.4 Å². The fourth-order valence-corrected chi connectivity index (χ4v) is 5.04. The Labute approximate surface area is 187 Å². The first kappa shape index (κ1) is 21.4. The molecule has 0 aromatic heterocycles. The van der Waals surface area contributed by atoms with Gasteiger partial charge in [0.15, 0.2) is 0 Å². The fraction of sp³-hybridized carbons (Fsp3) is 0.208. The van der Waals surface area contributed by atoms with Gasteiger partial charge in [0, 0.05) is 22.3 Å². The zero-order chi connectivity index (χ0) is 22.2. The van der Waals surface area contributed by atoms with Gasteiger partial charge in [0.2, 0.25) is 10.0 Å². The van der Waals surface area contributed by atoms with E-state index in [0.717, 1.165) is 23.9 Å². The summed E-state index contributed by atoms with van der Waals surface area (Å²) in [6, 6.07) is 21.8. The molecule has 0 bridgehead atoms. The maximum Gasteiger partial charge on any atom is 0.258 e. The Bertz CT molecular complexity index is 1230. The predicted molar refractivity (Wildman–Crippen MR) is 125 cm³/mol. The molecule has 0 aliphatic carbocycles. The molecule has 4 rings (SSSR count). The molecule has 1 aliphatic rings. The van der Waals surface area contributed by atoms with E-state index in [2.05, 4.69) is 0 Å². The van der Waals surface area contributed by atoms with E-state index in [1.54, 1.807) is 42.5 Å². The summed E-state index contributed by atoms with van der Waals surface area (Å²) in [7, 11) is -3.55. The van der Waals surface area contributed by atoms with Gasteiger partial charge in [0.05, 0.1) is 18.5 Å². The number of para-hydroxylation sites is 1. The second-order valence-corrected chi connectivity index (χ2v) is 10.1. The first-order chi connectivity index (χ1) is 14.8. The lowest BCUT2D eigenvalue weighted by Gasteiger charge is -2.25. The van der Waals surface area contributed by atoms with Crippen LogP contribution in [0, 0.1) is 0 Å². The number of amides is 1. The van der Waals surface area contributed by atoms with Crippen molar-refractivity contribution in [2.45, 2.75) is 25.9 Å². The standard InChI is InChI=1S/C24H23ClN2O3S/c1-17-15-19-7-4-6-10-23(19)27(17)24(28)18-11-13-21(14-12-18)26(31(2,29)30)16-20-8-3-5-9-22(20)25/h3-14,17H,15-16H2,1-2H3/t17-/m0/s1. The number of benzene rings is 3. The first-order valence-corrected chi connectivity index (χ1v) is 12.2. The highest BCUT2D eigenvalue weighted by Gasteiger charge is 2.31. The highest BCUT2D eigenvalue weighted by molar-refractivity contribution is 7.92. The van der Waals surface area contributed by atoms with Gasteiger partial charge < -0.3 is 4.90 Å². The highest BCUT2D eigenvalue weighted by Crippen LogP contribution is 2.33. The molecule has 7 heteroatoms. The van der Waals surface area contributed by atoms with E-state index in [1.807, 2.05) is 42.2 Å². The number of nitrogens with zero attached hydrogens (tertiary/aromatic N) is 2. The van der Waals surface area contributed by atoms with Crippen molar-refractivity contribution < 1.29 is 13.2 Å². The van der Waals surface area contributed by atoms with Crippen molar-refractivity contribution in [1.29, 1.82) is 0 Å². The molecule has 1 amide bonds. The van der Waals surface area contributed by atoms with E-state index in [-0.39, 0.29) is 18.5 Å². The minimum Gasteiger partial charge on any atom is -0.305 e. The van der Waals surface area contributed by atoms with Crippen LogP contribution in [0.15, 0.2) is 72.8 Å². The van der Waals surface area contributed by atoms with Gasteiger partial charge >= 0.3 is 0 Å². The average Bonchev–Trinajstić information content (AvgIpc) is 3.07. The lowest BCUT2D eigenvalue weighted by molar-refractivity contribution is 0.0981. The van der Waals surface area contributed by atoms with Crippen molar-refractivity contribution in [3.8, 4) is 0 Å². The number of carbonyl (C=O) groups excluding carboxylic acids is 1. The summed E-state index contributed by atoms with van der Waals surface area (Å²) in [6.07, 6.45) is 1.98. The van der Waals surface area contributed by atoms with Crippen LogP contribution in [-0.4, -0.2) is 26.6 Å². The summed E-state index contributed by atoms with van der Waals surface area (Å²) < 4.78 is 26.2. The van der Waals surface area contributed by atoms with Gasteiger partial charge in [-0.05, 0) is 60.9 Å². The van der Waals surface area contributed by atoms with Gasteiger partial charge in [0.25, 0.3) is 5.91 Å². The number of rotatable bonds is 5. The molecule has 1 heterocycles. The van der Waals surface area contributed by atoms with Crippen molar-refractivity contribution in [1.82, 2.24) is 0 Å². The van der Waals surface area contributed by atoms with E-state index in [0.29, 0.717) is 21.8 Å².